The van der Waals surface area contributed by atoms with Crippen LogP contribution in [0.1, 0.15) is 47.1 Å². The molecule has 1 aromatic carbocycles. The molecule has 8 nitrogen and oxygen atoms in total. The van der Waals surface area contributed by atoms with E-state index in [1.165, 1.54) is 0 Å². The van der Waals surface area contributed by atoms with E-state index < -0.39 is 23.4 Å². The predicted molar refractivity (Wildman–Crippen MR) is 99.9 cm³/mol. The number of carbonyl (C=O) groups excluding carboxylic acids is 2. The molecule has 0 aromatic heterocycles. The summed E-state index contributed by atoms with van der Waals surface area (Å²) in [5.41, 5.74) is 10.4. The van der Waals surface area contributed by atoms with Crippen LogP contribution < -0.4 is 11.5 Å². The van der Waals surface area contributed by atoms with Crippen LogP contribution in [0.25, 0.3) is 0 Å². The second kappa shape index (κ2) is 8.07. The van der Waals surface area contributed by atoms with Gasteiger partial charge in [-0.3, -0.25) is 0 Å². The molecule has 0 aliphatic rings. The number of amides is 2. The number of benzene rings is 1. The van der Waals surface area contributed by atoms with Gasteiger partial charge in [-0.1, -0.05) is 12.1 Å². The first-order valence-electron chi connectivity index (χ1n) is 8.19. The van der Waals surface area contributed by atoms with E-state index in [1.807, 2.05) is 0 Å². The molecular weight excluding hydrogens is 336 g/mol. The van der Waals surface area contributed by atoms with E-state index in [2.05, 4.69) is 4.99 Å². The van der Waals surface area contributed by atoms with Crippen LogP contribution in [0.2, 0.25) is 0 Å². The molecule has 0 heterocycles. The van der Waals surface area contributed by atoms with E-state index >= 15 is 0 Å². The summed E-state index contributed by atoms with van der Waals surface area (Å²) in [6.07, 6.45) is -1.56. The molecule has 0 saturated carbocycles. The van der Waals surface area contributed by atoms with Gasteiger partial charge in [0, 0.05) is 0 Å². The zero-order valence-electron chi connectivity index (χ0n) is 16.2. The van der Waals surface area contributed by atoms with Gasteiger partial charge in [0.1, 0.15) is 11.2 Å². The maximum atomic E-state index is 12.5. The Bertz CT molecular complexity index is 638. The second-order valence-electron chi connectivity index (χ2n) is 7.75. The number of ether oxygens (including phenoxy) is 2. The van der Waals surface area contributed by atoms with Crippen molar-refractivity contribution in [1.29, 1.82) is 0 Å². The van der Waals surface area contributed by atoms with Crippen molar-refractivity contribution in [3.8, 4) is 0 Å². The maximum Gasteiger partial charge on any atom is 0.420 e. The van der Waals surface area contributed by atoms with E-state index in [9.17, 15) is 9.59 Å². The van der Waals surface area contributed by atoms with Gasteiger partial charge in [-0.25, -0.2) is 19.5 Å². The van der Waals surface area contributed by atoms with Crippen molar-refractivity contribution < 1.29 is 19.1 Å². The van der Waals surface area contributed by atoms with Gasteiger partial charge in [-0.15, -0.1) is 0 Å². The average Bonchev–Trinajstić information content (AvgIpc) is 2.41. The fourth-order valence-corrected chi connectivity index (χ4v) is 1.85. The standard InChI is InChI=1S/C18H28N4O4/c1-17(2,3)25-15(23)22(16(24)26-18(4,5)6)11-12-7-9-13(10-8-12)21-14(19)20/h7-10H,11H2,1-6H3,(H4,19,20,21). The summed E-state index contributed by atoms with van der Waals surface area (Å²) in [7, 11) is 0. The highest BCUT2D eigenvalue weighted by Gasteiger charge is 2.31. The van der Waals surface area contributed by atoms with Crippen molar-refractivity contribution in [2.45, 2.75) is 59.3 Å². The molecule has 0 saturated heterocycles. The molecule has 0 aliphatic heterocycles. The normalized spacial score (nSPS) is 11.5. The first kappa shape index (κ1) is 21.3. The minimum atomic E-state index is -0.778. The summed E-state index contributed by atoms with van der Waals surface area (Å²) in [5, 5.41) is 0. The molecule has 144 valence electrons. The molecule has 0 bridgehead atoms. The topological polar surface area (TPSA) is 120 Å². The van der Waals surface area contributed by atoms with Gasteiger partial charge in [0.2, 0.25) is 0 Å². The summed E-state index contributed by atoms with van der Waals surface area (Å²) < 4.78 is 10.6. The minimum Gasteiger partial charge on any atom is -0.443 e. The van der Waals surface area contributed by atoms with Crippen LogP contribution >= 0.6 is 0 Å². The predicted octanol–water partition coefficient (Wildman–Crippen LogP) is 3.26. The molecule has 26 heavy (non-hydrogen) atoms. The Morgan fingerprint density at radius 2 is 1.35 bits per heavy atom. The second-order valence-corrected chi connectivity index (χ2v) is 7.75. The van der Waals surface area contributed by atoms with E-state index in [-0.39, 0.29) is 12.5 Å². The van der Waals surface area contributed by atoms with Crippen molar-refractivity contribution in [3.63, 3.8) is 0 Å². The van der Waals surface area contributed by atoms with Crippen LogP contribution in [-0.4, -0.2) is 34.2 Å². The van der Waals surface area contributed by atoms with Crippen LogP contribution in [0.3, 0.4) is 0 Å². The lowest BCUT2D eigenvalue weighted by atomic mass is 10.2. The zero-order chi connectivity index (χ0) is 20.1. The van der Waals surface area contributed by atoms with Crippen molar-refractivity contribution >= 4 is 23.8 Å². The van der Waals surface area contributed by atoms with Gasteiger partial charge in [-0.2, -0.15) is 0 Å². The largest absolute Gasteiger partial charge is 0.443 e. The summed E-state index contributed by atoms with van der Waals surface area (Å²) in [6, 6.07) is 6.78. The Hall–Kier alpha value is -2.77. The third-order valence-corrected chi connectivity index (χ3v) is 2.76. The number of nitrogens with two attached hydrogens (primary N) is 2. The number of hydrogen-bond donors (Lipinski definition) is 2. The average molecular weight is 364 g/mol. The first-order chi connectivity index (χ1) is 11.8. The molecule has 0 atom stereocenters. The zero-order valence-corrected chi connectivity index (χ0v) is 16.2. The molecule has 0 radical (unpaired) electrons. The Labute approximate surface area is 154 Å². The lowest BCUT2D eigenvalue weighted by Gasteiger charge is -2.28. The molecule has 4 N–H and O–H groups in total. The molecule has 2 amide bonds. The molecule has 0 fully saturated rings. The third-order valence-electron chi connectivity index (χ3n) is 2.76. The van der Waals surface area contributed by atoms with Crippen LogP contribution in [0.5, 0.6) is 0 Å². The lowest BCUT2D eigenvalue weighted by molar-refractivity contribution is -0.000243. The molecule has 0 unspecified atom stereocenters. The van der Waals surface area contributed by atoms with Crippen LogP contribution in [0.4, 0.5) is 15.3 Å². The van der Waals surface area contributed by atoms with Gasteiger partial charge in [0.05, 0.1) is 12.2 Å². The third kappa shape index (κ3) is 7.87. The summed E-state index contributed by atoms with van der Waals surface area (Å²) in [5.74, 6) is -0.0538. The Kier molecular flexibility index (Phi) is 6.60. The summed E-state index contributed by atoms with van der Waals surface area (Å²) >= 11 is 0. The van der Waals surface area contributed by atoms with Crippen LogP contribution in [-0.2, 0) is 16.0 Å². The number of guanidine groups is 1. The Morgan fingerprint density at radius 3 is 1.69 bits per heavy atom. The van der Waals surface area contributed by atoms with E-state index in [1.54, 1.807) is 65.8 Å². The maximum absolute atomic E-state index is 12.5. The molecule has 1 rings (SSSR count). The van der Waals surface area contributed by atoms with E-state index in [0.29, 0.717) is 11.3 Å². The number of imide groups is 1. The first-order valence-corrected chi connectivity index (χ1v) is 8.19. The highest BCUT2D eigenvalue weighted by atomic mass is 16.6. The molecule has 0 spiro atoms. The molecule has 1 aromatic rings. The number of nitrogens with zero attached hydrogens (tertiary/aromatic N) is 2. The molecule has 8 heteroatoms. The monoisotopic (exact) mass is 364 g/mol. The number of rotatable bonds is 3. The number of hydrogen-bond acceptors (Lipinski definition) is 5. The van der Waals surface area contributed by atoms with Crippen molar-refractivity contribution in [1.82, 2.24) is 4.90 Å². The van der Waals surface area contributed by atoms with Crippen LogP contribution in [0.15, 0.2) is 29.3 Å². The summed E-state index contributed by atoms with van der Waals surface area (Å²) in [4.78, 5) is 29.7. The van der Waals surface area contributed by atoms with Gasteiger partial charge in [0.15, 0.2) is 5.96 Å². The highest BCUT2D eigenvalue weighted by Crippen LogP contribution is 2.19. The van der Waals surface area contributed by atoms with Gasteiger partial charge in [-0.05, 0) is 59.2 Å². The quantitative estimate of drug-likeness (QED) is 0.627. The summed E-state index contributed by atoms with van der Waals surface area (Å²) in [6.45, 7) is 10.3. The molecular formula is C18H28N4O4. The Balaban J connectivity index is 3.02. The lowest BCUT2D eigenvalue weighted by Crippen LogP contribution is -2.43. The number of carbonyl (C=O) groups is 2. The molecule has 0 aliphatic carbocycles. The van der Waals surface area contributed by atoms with Gasteiger partial charge in [0.25, 0.3) is 0 Å². The van der Waals surface area contributed by atoms with Gasteiger partial charge >= 0.3 is 12.2 Å². The SMILES string of the molecule is CC(C)(C)OC(=O)N(Cc1ccc(N=C(N)N)cc1)C(=O)OC(C)(C)C. The van der Waals surface area contributed by atoms with Gasteiger partial charge < -0.3 is 20.9 Å². The van der Waals surface area contributed by atoms with Crippen LogP contribution in [0, 0.1) is 0 Å². The van der Waals surface area contributed by atoms with Crippen molar-refractivity contribution in [2.24, 2.45) is 16.5 Å². The van der Waals surface area contributed by atoms with E-state index in [0.717, 1.165) is 4.90 Å². The smallest absolute Gasteiger partial charge is 0.420 e. The van der Waals surface area contributed by atoms with Crippen molar-refractivity contribution in [3.05, 3.63) is 29.8 Å². The fraction of sp³-hybridized carbons (Fsp3) is 0.500. The van der Waals surface area contributed by atoms with E-state index in [4.69, 9.17) is 20.9 Å². The Morgan fingerprint density at radius 1 is 0.923 bits per heavy atom. The number of aliphatic imine (C=N–C) groups is 1. The highest BCUT2D eigenvalue weighted by molar-refractivity contribution is 5.88. The fourth-order valence-electron chi connectivity index (χ4n) is 1.85. The van der Waals surface area contributed by atoms with Crippen molar-refractivity contribution in [2.75, 3.05) is 0 Å². The minimum absolute atomic E-state index is 0.00801.